The van der Waals surface area contributed by atoms with Crippen molar-refractivity contribution in [2.45, 2.75) is 25.9 Å². The number of aliphatic hydroxyl groups excluding tert-OH is 1. The normalized spacial score (nSPS) is 14.8. The molecular weight excluding hydrogens is 245 g/mol. The van der Waals surface area contributed by atoms with Gasteiger partial charge in [0.15, 0.2) is 0 Å². The van der Waals surface area contributed by atoms with Gasteiger partial charge in [-0.15, -0.1) is 0 Å². The van der Waals surface area contributed by atoms with Gasteiger partial charge in [-0.2, -0.15) is 0 Å². The van der Waals surface area contributed by atoms with Gasteiger partial charge in [-0.25, -0.2) is 0 Å². The molecule has 3 N–H and O–H groups in total. The first-order chi connectivity index (χ1) is 7.60. The summed E-state index contributed by atoms with van der Waals surface area (Å²) in [6.07, 6.45) is 1.22. The second kappa shape index (κ2) is 6.45. The highest BCUT2D eigenvalue weighted by Gasteiger charge is 2.21. The van der Waals surface area contributed by atoms with E-state index in [2.05, 4.69) is 6.92 Å². The van der Waals surface area contributed by atoms with Crippen LogP contribution in [-0.4, -0.2) is 11.7 Å². The van der Waals surface area contributed by atoms with Crippen LogP contribution in [0.15, 0.2) is 18.2 Å². The van der Waals surface area contributed by atoms with Gasteiger partial charge in [-0.05, 0) is 31.2 Å². The summed E-state index contributed by atoms with van der Waals surface area (Å²) >= 11 is 11.9. The smallest absolute Gasteiger partial charge is 0.0845 e. The molecule has 90 valence electrons. The molecule has 0 saturated carbocycles. The van der Waals surface area contributed by atoms with Crippen LogP contribution < -0.4 is 5.73 Å². The lowest BCUT2D eigenvalue weighted by Gasteiger charge is -2.22. The zero-order valence-electron chi connectivity index (χ0n) is 9.29. The van der Waals surface area contributed by atoms with Gasteiger partial charge in [0.25, 0.3) is 0 Å². The molecule has 0 aliphatic heterocycles. The molecule has 0 radical (unpaired) electrons. The molecule has 0 fully saturated rings. The van der Waals surface area contributed by atoms with Crippen LogP contribution in [0, 0.1) is 5.92 Å². The largest absolute Gasteiger partial charge is 0.388 e. The first kappa shape index (κ1) is 13.8. The Morgan fingerprint density at radius 2 is 2.06 bits per heavy atom. The molecule has 2 unspecified atom stereocenters. The Kier molecular flexibility index (Phi) is 5.56. The molecule has 0 aliphatic rings. The summed E-state index contributed by atoms with van der Waals surface area (Å²) < 4.78 is 0. The van der Waals surface area contributed by atoms with Gasteiger partial charge in [-0.1, -0.05) is 36.5 Å². The number of hydrogen-bond acceptors (Lipinski definition) is 2. The van der Waals surface area contributed by atoms with Crippen LogP contribution in [0.25, 0.3) is 0 Å². The number of halogens is 2. The first-order valence-electron chi connectivity index (χ1n) is 5.43. The summed E-state index contributed by atoms with van der Waals surface area (Å²) in [5.41, 5.74) is 6.31. The number of rotatable bonds is 5. The molecule has 0 amide bonds. The van der Waals surface area contributed by atoms with Crippen molar-refractivity contribution in [1.82, 2.24) is 0 Å². The first-order valence-corrected chi connectivity index (χ1v) is 6.18. The maximum absolute atomic E-state index is 10.2. The van der Waals surface area contributed by atoms with Crippen molar-refractivity contribution in [1.29, 1.82) is 0 Å². The van der Waals surface area contributed by atoms with Crippen LogP contribution in [-0.2, 0) is 0 Å². The number of hydrogen-bond donors (Lipinski definition) is 2. The maximum atomic E-state index is 10.2. The number of nitrogens with two attached hydrogens (primary N) is 1. The van der Waals surface area contributed by atoms with Crippen molar-refractivity contribution < 1.29 is 5.11 Å². The van der Waals surface area contributed by atoms with Gasteiger partial charge in [0.05, 0.1) is 6.10 Å². The second-order valence-corrected chi connectivity index (χ2v) is 4.74. The predicted octanol–water partition coefficient (Wildman–Crippen LogP) is 3.40. The average molecular weight is 262 g/mol. The van der Waals surface area contributed by atoms with E-state index in [0.717, 1.165) is 12.8 Å². The van der Waals surface area contributed by atoms with E-state index < -0.39 is 6.10 Å². The Balaban J connectivity index is 2.93. The predicted molar refractivity (Wildman–Crippen MR) is 68.9 cm³/mol. The lowest BCUT2D eigenvalue weighted by atomic mass is 9.92. The summed E-state index contributed by atoms with van der Waals surface area (Å²) in [6.45, 7) is 2.51. The van der Waals surface area contributed by atoms with E-state index in [0.29, 0.717) is 22.2 Å². The van der Waals surface area contributed by atoms with Gasteiger partial charge in [-0.3, -0.25) is 0 Å². The van der Waals surface area contributed by atoms with Crippen LogP contribution in [0.2, 0.25) is 10.0 Å². The zero-order valence-corrected chi connectivity index (χ0v) is 10.8. The molecule has 1 aromatic rings. The van der Waals surface area contributed by atoms with E-state index in [4.69, 9.17) is 28.9 Å². The van der Waals surface area contributed by atoms with Crippen molar-refractivity contribution in [3.63, 3.8) is 0 Å². The number of aliphatic hydroxyl groups is 1. The highest BCUT2D eigenvalue weighted by atomic mass is 35.5. The fourth-order valence-corrected chi connectivity index (χ4v) is 2.18. The summed E-state index contributed by atoms with van der Waals surface area (Å²) in [6, 6.07) is 5.10. The van der Waals surface area contributed by atoms with Gasteiger partial charge in [0.2, 0.25) is 0 Å². The third-order valence-corrected chi connectivity index (χ3v) is 3.26. The third kappa shape index (κ3) is 3.36. The molecule has 0 aliphatic carbocycles. The van der Waals surface area contributed by atoms with E-state index in [-0.39, 0.29) is 5.92 Å². The lowest BCUT2D eigenvalue weighted by Crippen LogP contribution is -2.22. The zero-order chi connectivity index (χ0) is 12.1. The van der Waals surface area contributed by atoms with Crippen LogP contribution in [0.3, 0.4) is 0 Å². The summed E-state index contributed by atoms with van der Waals surface area (Å²) in [5.74, 6) is 0.0287. The summed E-state index contributed by atoms with van der Waals surface area (Å²) in [5, 5.41) is 11.3. The van der Waals surface area contributed by atoms with Crippen LogP contribution in [0.5, 0.6) is 0 Å². The molecule has 1 aromatic carbocycles. The Morgan fingerprint density at radius 3 is 2.62 bits per heavy atom. The van der Waals surface area contributed by atoms with Crippen LogP contribution in [0.1, 0.15) is 31.4 Å². The molecule has 0 saturated heterocycles. The Hall–Kier alpha value is -0.280. The SMILES string of the molecule is CCCC(CN)C(O)c1cc(Cl)ccc1Cl. The molecule has 2 atom stereocenters. The summed E-state index contributed by atoms with van der Waals surface area (Å²) in [7, 11) is 0. The molecule has 16 heavy (non-hydrogen) atoms. The van der Waals surface area contributed by atoms with E-state index in [1.165, 1.54) is 0 Å². The highest BCUT2D eigenvalue weighted by molar-refractivity contribution is 6.33. The topological polar surface area (TPSA) is 46.2 Å². The molecule has 0 spiro atoms. The van der Waals surface area contributed by atoms with Crippen molar-refractivity contribution in [3.05, 3.63) is 33.8 Å². The van der Waals surface area contributed by atoms with Gasteiger partial charge >= 0.3 is 0 Å². The Bertz CT molecular complexity index is 344. The maximum Gasteiger partial charge on any atom is 0.0845 e. The highest BCUT2D eigenvalue weighted by Crippen LogP contribution is 2.32. The molecule has 0 bridgehead atoms. The monoisotopic (exact) mass is 261 g/mol. The molecular formula is C12H17Cl2NO. The average Bonchev–Trinajstić information content (AvgIpc) is 2.28. The van der Waals surface area contributed by atoms with Gasteiger partial charge in [0, 0.05) is 21.5 Å². The fraction of sp³-hybridized carbons (Fsp3) is 0.500. The fourth-order valence-electron chi connectivity index (χ4n) is 1.77. The van der Waals surface area contributed by atoms with Crippen molar-refractivity contribution >= 4 is 23.2 Å². The van der Waals surface area contributed by atoms with Crippen molar-refractivity contribution in [2.75, 3.05) is 6.54 Å². The third-order valence-electron chi connectivity index (χ3n) is 2.69. The molecule has 2 nitrogen and oxygen atoms in total. The quantitative estimate of drug-likeness (QED) is 0.854. The van der Waals surface area contributed by atoms with Crippen LogP contribution in [0.4, 0.5) is 0 Å². The van der Waals surface area contributed by atoms with Crippen LogP contribution >= 0.6 is 23.2 Å². The standard InChI is InChI=1S/C12H17Cl2NO/c1-2-3-8(7-15)12(16)10-6-9(13)4-5-11(10)14/h4-6,8,12,16H,2-3,7,15H2,1H3. The van der Waals surface area contributed by atoms with Crippen molar-refractivity contribution in [2.24, 2.45) is 11.7 Å². The van der Waals surface area contributed by atoms with Gasteiger partial charge in [0.1, 0.15) is 0 Å². The number of benzene rings is 1. The van der Waals surface area contributed by atoms with Gasteiger partial charge < -0.3 is 10.8 Å². The minimum Gasteiger partial charge on any atom is -0.388 e. The molecule has 0 aromatic heterocycles. The summed E-state index contributed by atoms with van der Waals surface area (Å²) in [4.78, 5) is 0. The van der Waals surface area contributed by atoms with Crippen molar-refractivity contribution in [3.8, 4) is 0 Å². The van der Waals surface area contributed by atoms with E-state index in [1.54, 1.807) is 18.2 Å². The van der Waals surface area contributed by atoms with E-state index in [9.17, 15) is 5.11 Å². The molecule has 4 heteroatoms. The molecule has 0 heterocycles. The Morgan fingerprint density at radius 1 is 1.38 bits per heavy atom. The second-order valence-electron chi connectivity index (χ2n) is 3.90. The Labute approximate surface area is 106 Å². The van der Waals surface area contributed by atoms with E-state index in [1.807, 2.05) is 0 Å². The minimum absolute atomic E-state index is 0.0287. The minimum atomic E-state index is -0.642. The lowest BCUT2D eigenvalue weighted by molar-refractivity contribution is 0.107. The molecule has 1 rings (SSSR count). The van der Waals surface area contributed by atoms with E-state index >= 15 is 0 Å².